The van der Waals surface area contributed by atoms with Crippen molar-refractivity contribution in [3.8, 4) is 0 Å². The van der Waals surface area contributed by atoms with E-state index in [1.807, 2.05) is 12.2 Å². The van der Waals surface area contributed by atoms with Gasteiger partial charge in [0, 0.05) is 31.3 Å². The Labute approximate surface area is 103 Å². The van der Waals surface area contributed by atoms with E-state index in [9.17, 15) is 9.59 Å². The van der Waals surface area contributed by atoms with E-state index < -0.39 is 0 Å². The smallest absolute Gasteiger partial charge is 0.300 e. The summed E-state index contributed by atoms with van der Waals surface area (Å²) in [4.78, 5) is 24.0. The van der Waals surface area contributed by atoms with Crippen molar-refractivity contribution in [1.82, 2.24) is 9.13 Å². The largest absolute Gasteiger partial charge is 0.330 e. The number of halogens is 1. The van der Waals surface area contributed by atoms with Gasteiger partial charge in [-0.25, -0.2) is 4.79 Å². The molecule has 90 valence electrons. The Kier molecular flexibility index (Phi) is 2.14. The predicted molar refractivity (Wildman–Crippen MR) is 65.6 cm³/mol. The van der Waals surface area contributed by atoms with Crippen molar-refractivity contribution >= 4 is 11.6 Å². The summed E-state index contributed by atoms with van der Waals surface area (Å²) in [5.74, 6) is 0.311. The van der Waals surface area contributed by atoms with E-state index in [1.165, 1.54) is 11.6 Å². The first kappa shape index (κ1) is 10.8. The minimum absolute atomic E-state index is 0.0350. The molecule has 0 spiro atoms. The van der Waals surface area contributed by atoms with Crippen LogP contribution in [0, 0.1) is 5.92 Å². The van der Waals surface area contributed by atoms with Gasteiger partial charge in [-0.1, -0.05) is 12.2 Å². The van der Waals surface area contributed by atoms with Crippen LogP contribution in [-0.2, 0) is 20.5 Å². The van der Waals surface area contributed by atoms with Crippen molar-refractivity contribution in [3.05, 3.63) is 44.2 Å². The summed E-state index contributed by atoms with van der Waals surface area (Å²) in [6.45, 7) is 0. The lowest BCUT2D eigenvalue weighted by Crippen LogP contribution is -2.40. The molecule has 0 aliphatic heterocycles. The van der Waals surface area contributed by atoms with Gasteiger partial charge < -0.3 is 4.57 Å². The second kappa shape index (κ2) is 3.35. The fourth-order valence-electron chi connectivity index (χ4n) is 2.98. The summed E-state index contributed by atoms with van der Waals surface area (Å²) in [6, 6.07) is 0. The third-order valence-electron chi connectivity index (χ3n) is 3.96. The van der Waals surface area contributed by atoms with Crippen molar-refractivity contribution in [2.45, 2.75) is 17.7 Å². The highest BCUT2D eigenvalue weighted by Crippen LogP contribution is 2.44. The first-order valence-corrected chi connectivity index (χ1v) is 6.07. The molecule has 3 atom stereocenters. The summed E-state index contributed by atoms with van der Waals surface area (Å²) < 4.78 is 2.75. The van der Waals surface area contributed by atoms with E-state index in [2.05, 4.69) is 0 Å². The molecule has 2 aliphatic rings. The van der Waals surface area contributed by atoms with Gasteiger partial charge in [0.05, 0.1) is 5.38 Å². The topological polar surface area (TPSA) is 44.0 Å². The van der Waals surface area contributed by atoms with E-state index in [-0.39, 0.29) is 28.5 Å². The lowest BCUT2D eigenvalue weighted by atomic mass is 9.97. The lowest BCUT2D eigenvalue weighted by Gasteiger charge is -2.11. The highest BCUT2D eigenvalue weighted by Gasteiger charge is 2.41. The second-order valence-electron chi connectivity index (χ2n) is 4.79. The number of fused-ring (bicyclic) bond motifs is 3. The van der Waals surface area contributed by atoms with Gasteiger partial charge >= 0.3 is 5.69 Å². The molecule has 1 aromatic rings. The zero-order valence-corrected chi connectivity index (χ0v) is 10.4. The predicted octanol–water partition coefficient (Wildman–Crippen LogP) is 0.517. The highest BCUT2D eigenvalue weighted by atomic mass is 35.5. The molecule has 1 heterocycles. The zero-order chi connectivity index (χ0) is 12.3. The normalized spacial score (nSPS) is 29.5. The molecule has 0 aromatic carbocycles. The molecule has 1 aromatic heterocycles. The summed E-state index contributed by atoms with van der Waals surface area (Å²) in [7, 11) is 3.24. The van der Waals surface area contributed by atoms with Crippen molar-refractivity contribution in [2.75, 3.05) is 0 Å². The third kappa shape index (κ3) is 1.24. The Balaban J connectivity index is 2.33. The summed E-state index contributed by atoms with van der Waals surface area (Å²) >= 11 is 6.20. The molecule has 2 aliphatic carbocycles. The average Bonchev–Trinajstić information content (AvgIpc) is 2.84. The minimum Gasteiger partial charge on any atom is -0.300 e. The van der Waals surface area contributed by atoms with E-state index in [0.717, 1.165) is 11.3 Å². The second-order valence-corrected chi connectivity index (χ2v) is 5.29. The minimum atomic E-state index is -0.260. The number of allylic oxidation sites excluding steroid dienone is 2. The number of alkyl halides is 1. The van der Waals surface area contributed by atoms with Crippen molar-refractivity contribution in [1.29, 1.82) is 0 Å². The molecule has 3 unspecified atom stereocenters. The van der Waals surface area contributed by atoms with Crippen molar-refractivity contribution in [3.63, 3.8) is 0 Å². The van der Waals surface area contributed by atoms with Crippen LogP contribution >= 0.6 is 11.6 Å². The summed E-state index contributed by atoms with van der Waals surface area (Å²) in [5.41, 5.74) is 1.16. The fourth-order valence-corrected chi connectivity index (χ4v) is 3.31. The van der Waals surface area contributed by atoms with Gasteiger partial charge in [0.25, 0.3) is 5.56 Å². The van der Waals surface area contributed by atoms with Crippen LogP contribution in [0.4, 0.5) is 0 Å². The van der Waals surface area contributed by atoms with E-state index >= 15 is 0 Å². The van der Waals surface area contributed by atoms with Gasteiger partial charge in [0.2, 0.25) is 0 Å². The molecule has 0 fully saturated rings. The number of rotatable bonds is 0. The first-order chi connectivity index (χ1) is 8.02. The Morgan fingerprint density at radius 2 is 1.94 bits per heavy atom. The first-order valence-electron chi connectivity index (χ1n) is 5.63. The molecule has 0 amide bonds. The van der Waals surface area contributed by atoms with Crippen LogP contribution in [0.15, 0.2) is 21.7 Å². The van der Waals surface area contributed by atoms with Crippen LogP contribution in [0.3, 0.4) is 0 Å². The number of nitrogens with zero attached hydrogens (tertiary/aromatic N) is 2. The maximum absolute atomic E-state index is 12.2. The molecule has 0 saturated carbocycles. The number of hydrogen-bond acceptors (Lipinski definition) is 2. The van der Waals surface area contributed by atoms with Crippen LogP contribution in [0.25, 0.3) is 0 Å². The van der Waals surface area contributed by atoms with E-state index in [0.29, 0.717) is 6.42 Å². The Hall–Kier alpha value is -1.29. The molecule has 0 radical (unpaired) electrons. The summed E-state index contributed by atoms with van der Waals surface area (Å²) in [6.07, 6.45) is 4.66. The quantitative estimate of drug-likeness (QED) is 0.499. The van der Waals surface area contributed by atoms with Crippen LogP contribution < -0.4 is 11.2 Å². The molecule has 0 N–H and O–H groups in total. The molecule has 5 heteroatoms. The monoisotopic (exact) mass is 252 g/mol. The SMILES string of the molecule is Cn1c2c(c(=O)n(C)c1=O)C1C=CC(Cl)C1C2. The fraction of sp³-hybridized carbons (Fsp3) is 0.500. The molecule has 17 heavy (non-hydrogen) atoms. The van der Waals surface area contributed by atoms with Crippen molar-refractivity contribution < 1.29 is 0 Å². The standard InChI is InChI=1S/C12H13ClN2O2/c1-14-9-5-7-6(3-4-8(7)13)10(9)11(16)15(2)12(14)17/h3-4,6-8H,5H2,1-2H3. The van der Waals surface area contributed by atoms with Crippen LogP contribution in [0.1, 0.15) is 17.2 Å². The molecule has 0 bridgehead atoms. The zero-order valence-electron chi connectivity index (χ0n) is 9.68. The van der Waals surface area contributed by atoms with Crippen molar-refractivity contribution in [2.24, 2.45) is 20.0 Å². The van der Waals surface area contributed by atoms with Gasteiger partial charge in [-0.3, -0.25) is 9.36 Å². The molecule has 0 saturated heterocycles. The number of aromatic nitrogens is 2. The highest BCUT2D eigenvalue weighted by molar-refractivity contribution is 6.22. The Bertz CT molecular complexity index is 641. The van der Waals surface area contributed by atoms with Crippen LogP contribution in [-0.4, -0.2) is 14.5 Å². The Morgan fingerprint density at radius 1 is 1.24 bits per heavy atom. The molecule has 4 nitrogen and oxygen atoms in total. The average molecular weight is 253 g/mol. The van der Waals surface area contributed by atoms with E-state index in [4.69, 9.17) is 11.6 Å². The van der Waals surface area contributed by atoms with E-state index in [1.54, 1.807) is 11.6 Å². The van der Waals surface area contributed by atoms with Gasteiger partial charge in [0.15, 0.2) is 0 Å². The van der Waals surface area contributed by atoms with Gasteiger partial charge in [-0.2, -0.15) is 0 Å². The molecular formula is C12H13ClN2O2. The van der Waals surface area contributed by atoms with Gasteiger partial charge in [0.1, 0.15) is 0 Å². The maximum Gasteiger partial charge on any atom is 0.330 e. The number of hydrogen-bond donors (Lipinski definition) is 0. The Morgan fingerprint density at radius 3 is 2.65 bits per heavy atom. The molecule has 3 rings (SSSR count). The summed E-state index contributed by atoms with van der Waals surface area (Å²) in [5, 5.41) is -0.0350. The lowest BCUT2D eigenvalue weighted by molar-refractivity contribution is 0.550. The van der Waals surface area contributed by atoms with Crippen LogP contribution in [0.2, 0.25) is 0 Å². The maximum atomic E-state index is 12.2. The van der Waals surface area contributed by atoms with Gasteiger partial charge in [-0.05, 0) is 12.3 Å². The van der Waals surface area contributed by atoms with Crippen LogP contribution in [0.5, 0.6) is 0 Å². The molecular weight excluding hydrogens is 240 g/mol. The van der Waals surface area contributed by atoms with Gasteiger partial charge in [-0.15, -0.1) is 11.6 Å². The third-order valence-corrected chi connectivity index (χ3v) is 4.43.